The third-order valence-corrected chi connectivity index (χ3v) is 2.41. The van der Waals surface area contributed by atoms with Crippen LogP contribution in [-0.2, 0) is 16.0 Å². The van der Waals surface area contributed by atoms with Crippen molar-refractivity contribution in [3.8, 4) is 6.07 Å². The maximum atomic E-state index is 10.7. The van der Waals surface area contributed by atoms with E-state index in [0.717, 1.165) is 0 Å². The zero-order valence-electron chi connectivity index (χ0n) is 9.33. The summed E-state index contributed by atoms with van der Waals surface area (Å²) in [5.41, 5.74) is 0.755. The molecule has 1 aromatic rings. The van der Waals surface area contributed by atoms with Gasteiger partial charge in [0.05, 0.1) is 11.6 Å². The van der Waals surface area contributed by atoms with Crippen LogP contribution in [-0.4, -0.2) is 27.3 Å². The van der Waals surface area contributed by atoms with Gasteiger partial charge >= 0.3 is 11.9 Å². The summed E-state index contributed by atoms with van der Waals surface area (Å²) in [6, 6.07) is 5.98. The van der Waals surface area contributed by atoms with Crippen LogP contribution in [0.1, 0.15) is 29.2 Å². The lowest BCUT2D eigenvalue weighted by atomic mass is 9.96. The van der Waals surface area contributed by atoms with Gasteiger partial charge in [0.15, 0.2) is 6.10 Å². The molecule has 1 aromatic carbocycles. The van der Waals surface area contributed by atoms with Crippen LogP contribution >= 0.6 is 0 Å². The highest BCUT2D eigenvalue weighted by molar-refractivity contribution is 5.75. The topological polar surface area (TPSA) is 119 Å². The largest absolute Gasteiger partial charge is 0.481 e. The lowest BCUT2D eigenvalue weighted by Crippen LogP contribution is -2.13. The van der Waals surface area contributed by atoms with E-state index in [1.165, 1.54) is 18.2 Å². The number of carboxylic acids is 2. The van der Waals surface area contributed by atoms with Gasteiger partial charge in [-0.1, -0.05) is 6.07 Å². The molecule has 0 aromatic heterocycles. The SMILES string of the molecule is N#Cc1ccc(C(O)C(=O)O)c(CCC(=O)O)c1. The number of nitriles is 1. The average Bonchev–Trinajstić information content (AvgIpc) is 2.34. The van der Waals surface area contributed by atoms with Gasteiger partial charge in [-0.25, -0.2) is 4.79 Å². The van der Waals surface area contributed by atoms with Gasteiger partial charge in [0, 0.05) is 6.42 Å². The fraction of sp³-hybridized carbons (Fsp3) is 0.250. The van der Waals surface area contributed by atoms with Gasteiger partial charge in [0.25, 0.3) is 0 Å². The minimum absolute atomic E-state index is 0.0600. The van der Waals surface area contributed by atoms with Crippen molar-refractivity contribution < 1.29 is 24.9 Å². The third-order valence-electron chi connectivity index (χ3n) is 2.41. The molecule has 3 N–H and O–H groups in total. The number of carbonyl (C=O) groups is 2. The van der Waals surface area contributed by atoms with Crippen LogP contribution < -0.4 is 0 Å². The van der Waals surface area contributed by atoms with Gasteiger partial charge in [-0.2, -0.15) is 5.26 Å². The molecule has 0 fully saturated rings. The number of nitrogens with zero attached hydrogens (tertiary/aromatic N) is 1. The lowest BCUT2D eigenvalue weighted by Gasteiger charge is -2.12. The van der Waals surface area contributed by atoms with E-state index >= 15 is 0 Å². The van der Waals surface area contributed by atoms with Crippen molar-refractivity contribution in [1.82, 2.24) is 0 Å². The Morgan fingerprint density at radius 1 is 1.33 bits per heavy atom. The maximum absolute atomic E-state index is 10.7. The third kappa shape index (κ3) is 3.30. The minimum atomic E-state index is -1.72. The first-order chi connectivity index (χ1) is 8.45. The molecule has 0 heterocycles. The standard InChI is InChI=1S/C12H11NO5/c13-6-7-1-3-9(11(16)12(17)18)8(5-7)2-4-10(14)15/h1,3,5,11,16H,2,4H2,(H,14,15)(H,17,18). The van der Waals surface area contributed by atoms with Crippen molar-refractivity contribution in [2.75, 3.05) is 0 Å². The number of aliphatic hydroxyl groups is 1. The minimum Gasteiger partial charge on any atom is -0.481 e. The van der Waals surface area contributed by atoms with Crippen LogP contribution in [0, 0.1) is 11.3 Å². The molecule has 0 amide bonds. The van der Waals surface area contributed by atoms with Crippen LogP contribution in [0.3, 0.4) is 0 Å². The first kappa shape index (κ1) is 13.7. The van der Waals surface area contributed by atoms with Crippen LogP contribution in [0.15, 0.2) is 18.2 Å². The predicted molar refractivity (Wildman–Crippen MR) is 59.7 cm³/mol. The molecule has 0 aliphatic carbocycles. The summed E-state index contributed by atoms with van der Waals surface area (Å²) in [5, 5.41) is 35.5. The maximum Gasteiger partial charge on any atom is 0.337 e. The first-order valence-corrected chi connectivity index (χ1v) is 5.11. The van der Waals surface area contributed by atoms with Crippen LogP contribution in [0.2, 0.25) is 0 Å². The molecule has 94 valence electrons. The fourth-order valence-corrected chi connectivity index (χ4v) is 1.53. The molecular weight excluding hydrogens is 238 g/mol. The molecule has 0 saturated carbocycles. The second kappa shape index (κ2) is 5.80. The van der Waals surface area contributed by atoms with E-state index in [0.29, 0.717) is 5.56 Å². The molecule has 6 heteroatoms. The molecule has 0 spiro atoms. The molecule has 6 nitrogen and oxygen atoms in total. The van der Waals surface area contributed by atoms with E-state index in [9.17, 15) is 14.7 Å². The number of rotatable bonds is 5. The summed E-state index contributed by atoms with van der Waals surface area (Å²) in [6.07, 6.45) is -1.86. The number of benzene rings is 1. The van der Waals surface area contributed by atoms with Crippen molar-refractivity contribution in [2.24, 2.45) is 0 Å². The van der Waals surface area contributed by atoms with Crippen LogP contribution in [0.4, 0.5) is 0 Å². The zero-order chi connectivity index (χ0) is 13.7. The Bertz CT molecular complexity index is 518. The van der Waals surface area contributed by atoms with Gasteiger partial charge in [-0.15, -0.1) is 0 Å². The summed E-state index contributed by atoms with van der Waals surface area (Å²) in [5.74, 6) is -2.45. The van der Waals surface area contributed by atoms with Crippen molar-refractivity contribution in [3.05, 3.63) is 34.9 Å². The van der Waals surface area contributed by atoms with Crippen molar-refractivity contribution in [2.45, 2.75) is 18.9 Å². The first-order valence-electron chi connectivity index (χ1n) is 5.11. The number of carboxylic acid groups (broad SMARTS) is 2. The second-order valence-electron chi connectivity index (χ2n) is 3.66. The Labute approximate surface area is 103 Å². The molecule has 0 aliphatic heterocycles. The van der Waals surface area contributed by atoms with E-state index in [2.05, 4.69) is 0 Å². The monoisotopic (exact) mass is 249 g/mol. The number of hydrogen-bond acceptors (Lipinski definition) is 4. The molecule has 0 radical (unpaired) electrons. The van der Waals surface area contributed by atoms with Gasteiger partial charge in [0.1, 0.15) is 0 Å². The summed E-state index contributed by atoms with van der Waals surface area (Å²) in [7, 11) is 0. The highest BCUT2D eigenvalue weighted by Crippen LogP contribution is 2.21. The molecule has 1 unspecified atom stereocenters. The van der Waals surface area contributed by atoms with Crippen LogP contribution in [0.25, 0.3) is 0 Å². The average molecular weight is 249 g/mol. The number of aryl methyl sites for hydroxylation is 1. The van der Waals surface area contributed by atoms with Gasteiger partial charge < -0.3 is 15.3 Å². The van der Waals surface area contributed by atoms with E-state index in [4.69, 9.17) is 15.5 Å². The number of hydrogen-bond donors (Lipinski definition) is 3. The van der Waals surface area contributed by atoms with Gasteiger partial charge in [0.2, 0.25) is 0 Å². The van der Waals surface area contributed by atoms with E-state index < -0.39 is 18.0 Å². The van der Waals surface area contributed by atoms with Crippen molar-refractivity contribution >= 4 is 11.9 Å². The molecule has 0 saturated heterocycles. The second-order valence-corrected chi connectivity index (χ2v) is 3.66. The summed E-state index contributed by atoms with van der Waals surface area (Å²) in [4.78, 5) is 21.2. The lowest BCUT2D eigenvalue weighted by molar-refractivity contribution is -0.147. The molecule has 18 heavy (non-hydrogen) atoms. The van der Waals surface area contributed by atoms with Crippen LogP contribution in [0.5, 0.6) is 0 Å². The van der Waals surface area contributed by atoms with E-state index in [1.807, 2.05) is 6.07 Å². The van der Waals surface area contributed by atoms with Gasteiger partial charge in [-0.3, -0.25) is 4.79 Å². The Morgan fingerprint density at radius 3 is 2.50 bits per heavy atom. The van der Waals surface area contributed by atoms with E-state index in [-0.39, 0.29) is 24.0 Å². The Hall–Kier alpha value is -2.39. The summed E-state index contributed by atoms with van der Waals surface area (Å²) < 4.78 is 0. The molecule has 0 aliphatic rings. The predicted octanol–water partition coefficient (Wildman–Crippen LogP) is 0.693. The Balaban J connectivity index is 3.12. The summed E-state index contributed by atoms with van der Waals surface area (Å²) in [6.45, 7) is 0. The zero-order valence-corrected chi connectivity index (χ0v) is 9.33. The normalized spacial score (nSPS) is 11.6. The summed E-state index contributed by atoms with van der Waals surface area (Å²) >= 11 is 0. The highest BCUT2D eigenvalue weighted by atomic mass is 16.4. The smallest absolute Gasteiger partial charge is 0.337 e. The van der Waals surface area contributed by atoms with Gasteiger partial charge in [-0.05, 0) is 29.7 Å². The fourth-order valence-electron chi connectivity index (χ4n) is 1.53. The molecule has 1 rings (SSSR count). The van der Waals surface area contributed by atoms with E-state index in [1.54, 1.807) is 0 Å². The van der Waals surface area contributed by atoms with Crippen molar-refractivity contribution in [3.63, 3.8) is 0 Å². The Morgan fingerprint density at radius 2 is 2.00 bits per heavy atom. The van der Waals surface area contributed by atoms with Crippen molar-refractivity contribution in [1.29, 1.82) is 5.26 Å². The molecule has 0 bridgehead atoms. The number of aliphatic hydroxyl groups excluding tert-OH is 1. The molecular formula is C12H11NO5. The molecule has 1 atom stereocenters. The number of aliphatic carboxylic acids is 2. The Kier molecular flexibility index (Phi) is 4.40. The quantitative estimate of drug-likeness (QED) is 0.706. The highest BCUT2D eigenvalue weighted by Gasteiger charge is 2.20.